The molecule has 1 aliphatic carbocycles. The number of methoxy groups -OCH3 is 1. The van der Waals surface area contributed by atoms with E-state index in [-0.39, 0.29) is 23.3 Å². The highest BCUT2D eigenvalue weighted by Gasteiger charge is 2.49. The van der Waals surface area contributed by atoms with Gasteiger partial charge in [-0.1, -0.05) is 12.1 Å². The van der Waals surface area contributed by atoms with Gasteiger partial charge >= 0.3 is 0 Å². The molecular formula is C31H36N4O3. The highest BCUT2D eigenvalue weighted by molar-refractivity contribution is 5.94. The molecule has 1 saturated carbocycles. The van der Waals surface area contributed by atoms with Crippen LogP contribution in [-0.4, -0.2) is 49.2 Å². The molecular weight excluding hydrogens is 476 g/mol. The van der Waals surface area contributed by atoms with Crippen molar-refractivity contribution in [1.29, 1.82) is 5.26 Å². The van der Waals surface area contributed by atoms with Gasteiger partial charge in [0.1, 0.15) is 5.75 Å². The smallest absolute Gasteiger partial charge is 0.251 e. The fourth-order valence-electron chi connectivity index (χ4n) is 6.73. The van der Waals surface area contributed by atoms with Gasteiger partial charge in [-0.2, -0.15) is 5.26 Å². The highest BCUT2D eigenvalue weighted by Crippen LogP contribution is 2.56. The molecule has 38 heavy (non-hydrogen) atoms. The van der Waals surface area contributed by atoms with E-state index in [2.05, 4.69) is 52.5 Å². The zero-order valence-electron chi connectivity index (χ0n) is 22.3. The molecule has 2 N–H and O–H groups in total. The van der Waals surface area contributed by atoms with Crippen LogP contribution in [0.25, 0.3) is 10.9 Å². The summed E-state index contributed by atoms with van der Waals surface area (Å²) >= 11 is 0. The Balaban J connectivity index is 1.26. The molecule has 3 fully saturated rings. The van der Waals surface area contributed by atoms with Gasteiger partial charge in [-0.25, -0.2) is 0 Å². The Labute approximate surface area is 224 Å². The molecule has 2 saturated heterocycles. The van der Waals surface area contributed by atoms with E-state index >= 15 is 0 Å². The molecule has 1 atom stereocenters. The average Bonchev–Trinajstić information content (AvgIpc) is 3.39. The Hall–Kier alpha value is -3.34. The van der Waals surface area contributed by atoms with Crippen molar-refractivity contribution in [2.45, 2.75) is 45.2 Å². The van der Waals surface area contributed by atoms with Crippen molar-refractivity contribution in [3.05, 3.63) is 64.8 Å². The summed E-state index contributed by atoms with van der Waals surface area (Å²) in [4.78, 5) is 18.7. The molecule has 6 rings (SSSR count). The standard InChI is InChI=1S/C31H36N4O3/c1-20-11-28(37-2)26(25-7-9-33-29(20)25)17-35-10-8-31(12-21(13-31)15-32)14-27(35)23-3-5-24(6-4-23)30(36)34-16-22-18-38-19-22/h3-7,9,11,21-22,27,33H,8,10,12-14,16-19H2,1-2H3,(H,34,36)/t21?,27-,31?/m0/s1. The molecule has 0 unspecified atom stereocenters. The summed E-state index contributed by atoms with van der Waals surface area (Å²) in [5, 5.41) is 13.7. The number of fused-ring (bicyclic) bond motifs is 1. The molecule has 0 bridgehead atoms. The third-order valence-electron chi connectivity index (χ3n) is 9.05. The number of carbonyl (C=O) groups is 1. The second-order valence-corrected chi connectivity index (χ2v) is 11.6. The van der Waals surface area contributed by atoms with Crippen LogP contribution in [0.2, 0.25) is 0 Å². The first kappa shape index (κ1) is 25.0. The second kappa shape index (κ2) is 10.1. The third kappa shape index (κ3) is 4.57. The van der Waals surface area contributed by atoms with Crippen LogP contribution in [0, 0.1) is 35.5 Å². The number of likely N-dealkylation sites (tertiary alicyclic amines) is 1. The van der Waals surface area contributed by atoms with Gasteiger partial charge in [-0.05, 0) is 80.0 Å². The lowest BCUT2D eigenvalue weighted by Gasteiger charge is -2.53. The number of aryl methyl sites for hydroxylation is 1. The van der Waals surface area contributed by atoms with E-state index < -0.39 is 0 Å². The number of hydrogen-bond acceptors (Lipinski definition) is 5. The van der Waals surface area contributed by atoms with Crippen molar-refractivity contribution in [3.63, 3.8) is 0 Å². The van der Waals surface area contributed by atoms with Crippen LogP contribution in [0.15, 0.2) is 42.6 Å². The van der Waals surface area contributed by atoms with E-state index in [0.29, 0.717) is 18.0 Å². The largest absolute Gasteiger partial charge is 0.496 e. The van der Waals surface area contributed by atoms with Crippen LogP contribution in [0.3, 0.4) is 0 Å². The normalized spacial score (nSPS) is 25.5. The molecule has 0 radical (unpaired) electrons. The first-order valence-electron chi connectivity index (χ1n) is 13.7. The zero-order chi connectivity index (χ0) is 26.3. The lowest BCUT2D eigenvalue weighted by Crippen LogP contribution is -2.48. The minimum Gasteiger partial charge on any atom is -0.496 e. The van der Waals surface area contributed by atoms with E-state index in [1.54, 1.807) is 7.11 Å². The molecule has 3 aliphatic rings. The summed E-state index contributed by atoms with van der Waals surface area (Å²) in [5.41, 5.74) is 5.69. The molecule has 3 heterocycles. The van der Waals surface area contributed by atoms with Crippen LogP contribution in [0.1, 0.15) is 58.8 Å². The number of amides is 1. The number of rotatable bonds is 7. The first-order valence-corrected chi connectivity index (χ1v) is 13.7. The summed E-state index contributed by atoms with van der Waals surface area (Å²) < 4.78 is 11.1. The summed E-state index contributed by atoms with van der Waals surface area (Å²) in [6.45, 7) is 5.98. The minimum atomic E-state index is -0.0319. The molecule has 3 aromatic rings. The van der Waals surface area contributed by atoms with Crippen LogP contribution < -0.4 is 10.1 Å². The molecule has 198 valence electrons. The fourth-order valence-corrected chi connectivity index (χ4v) is 6.73. The molecule has 7 nitrogen and oxygen atoms in total. The number of nitrogens with zero attached hydrogens (tertiary/aromatic N) is 2. The molecule has 7 heteroatoms. The van der Waals surface area contributed by atoms with E-state index in [1.807, 2.05) is 18.3 Å². The number of aromatic amines is 1. The van der Waals surface area contributed by atoms with Gasteiger partial charge in [0.15, 0.2) is 0 Å². The van der Waals surface area contributed by atoms with Crippen LogP contribution in [-0.2, 0) is 11.3 Å². The predicted octanol–water partition coefficient (Wildman–Crippen LogP) is 5.12. The predicted molar refractivity (Wildman–Crippen MR) is 146 cm³/mol. The lowest BCUT2D eigenvalue weighted by molar-refractivity contribution is -0.0300. The second-order valence-electron chi connectivity index (χ2n) is 11.6. The number of benzene rings is 2. The average molecular weight is 513 g/mol. The van der Waals surface area contributed by atoms with Crippen molar-refractivity contribution in [1.82, 2.24) is 15.2 Å². The lowest BCUT2D eigenvalue weighted by atomic mass is 9.56. The van der Waals surface area contributed by atoms with Crippen molar-refractivity contribution < 1.29 is 14.3 Å². The van der Waals surface area contributed by atoms with Gasteiger partial charge in [0, 0.05) is 59.2 Å². The Kier molecular flexibility index (Phi) is 6.63. The van der Waals surface area contributed by atoms with Crippen molar-refractivity contribution in [2.75, 3.05) is 33.4 Å². The Morgan fingerprint density at radius 3 is 2.71 bits per heavy atom. The zero-order valence-corrected chi connectivity index (χ0v) is 22.3. The molecule has 1 spiro atoms. The molecule has 1 aromatic heterocycles. The number of carbonyl (C=O) groups excluding carboxylic acids is 1. The van der Waals surface area contributed by atoms with Crippen molar-refractivity contribution in [3.8, 4) is 11.8 Å². The summed E-state index contributed by atoms with van der Waals surface area (Å²) in [5.74, 6) is 1.50. The number of hydrogen-bond donors (Lipinski definition) is 2. The van der Waals surface area contributed by atoms with E-state index in [9.17, 15) is 10.1 Å². The number of piperidine rings is 1. The summed E-state index contributed by atoms with van der Waals surface area (Å²) in [6, 6.07) is 15.1. The highest BCUT2D eigenvalue weighted by atomic mass is 16.5. The quantitative estimate of drug-likeness (QED) is 0.459. The Morgan fingerprint density at radius 2 is 2.03 bits per heavy atom. The van der Waals surface area contributed by atoms with Gasteiger partial charge in [0.25, 0.3) is 5.91 Å². The maximum absolute atomic E-state index is 12.7. The molecule has 1 amide bonds. The Bertz CT molecular complexity index is 1360. The monoisotopic (exact) mass is 512 g/mol. The van der Waals surface area contributed by atoms with E-state index in [4.69, 9.17) is 9.47 Å². The number of nitriles is 1. The van der Waals surface area contributed by atoms with Gasteiger partial charge < -0.3 is 19.8 Å². The van der Waals surface area contributed by atoms with Gasteiger partial charge in [0.05, 0.1) is 26.4 Å². The van der Waals surface area contributed by atoms with Gasteiger partial charge in [-0.3, -0.25) is 9.69 Å². The molecule has 2 aromatic carbocycles. The number of H-pyrrole nitrogens is 1. The molecule has 2 aliphatic heterocycles. The number of aromatic nitrogens is 1. The minimum absolute atomic E-state index is 0.0319. The van der Waals surface area contributed by atoms with Crippen LogP contribution >= 0.6 is 0 Å². The third-order valence-corrected chi connectivity index (χ3v) is 9.05. The topological polar surface area (TPSA) is 90.4 Å². The number of nitrogens with one attached hydrogen (secondary N) is 2. The maximum Gasteiger partial charge on any atom is 0.251 e. The van der Waals surface area contributed by atoms with Crippen molar-refractivity contribution in [2.24, 2.45) is 17.3 Å². The summed E-state index contributed by atoms with van der Waals surface area (Å²) in [6.07, 6.45) is 6.13. The van der Waals surface area contributed by atoms with Crippen molar-refractivity contribution >= 4 is 16.8 Å². The van der Waals surface area contributed by atoms with Gasteiger partial charge in [-0.15, -0.1) is 0 Å². The van der Waals surface area contributed by atoms with Gasteiger partial charge in [0.2, 0.25) is 0 Å². The number of ether oxygens (including phenoxy) is 2. The summed E-state index contributed by atoms with van der Waals surface area (Å²) in [7, 11) is 1.75. The SMILES string of the molecule is COc1cc(C)c2[nH]ccc2c1CN1CCC2(CC(C#N)C2)C[C@H]1c1ccc(C(=O)NCC2COC2)cc1. The van der Waals surface area contributed by atoms with Crippen LogP contribution in [0.4, 0.5) is 0 Å². The first-order chi connectivity index (χ1) is 18.5. The van der Waals surface area contributed by atoms with E-state index in [0.717, 1.165) is 63.3 Å². The Morgan fingerprint density at radius 1 is 1.24 bits per heavy atom. The fraction of sp³-hybridized carbons (Fsp3) is 0.484. The van der Waals surface area contributed by atoms with E-state index in [1.165, 1.54) is 22.1 Å². The maximum atomic E-state index is 12.7. The van der Waals surface area contributed by atoms with Crippen LogP contribution in [0.5, 0.6) is 5.75 Å².